The number of hydrogen-bond donors (Lipinski definition) is 3. The fourth-order valence-corrected chi connectivity index (χ4v) is 4.23. The zero-order chi connectivity index (χ0) is 24.8. The van der Waals surface area contributed by atoms with Crippen LogP contribution in [0.25, 0.3) is 22.4 Å². The lowest BCUT2D eigenvalue weighted by molar-refractivity contribution is 0.271. The molecule has 0 aliphatic rings. The number of nitrogens with two attached hydrogens (primary N) is 1. The Balaban J connectivity index is 1.69. The second-order valence-corrected chi connectivity index (χ2v) is 8.41. The molecule has 0 fully saturated rings. The van der Waals surface area contributed by atoms with Gasteiger partial charge in [-0.1, -0.05) is 67.0 Å². The molecule has 4 aromatic rings. The second kappa shape index (κ2) is 11.0. The topological polar surface area (TPSA) is 96.7 Å². The third kappa shape index (κ3) is 5.25. The van der Waals surface area contributed by atoms with Crippen LogP contribution >= 0.6 is 0 Å². The first-order valence-electron chi connectivity index (χ1n) is 11.7. The summed E-state index contributed by atoms with van der Waals surface area (Å²) in [7, 11) is 0. The van der Waals surface area contributed by atoms with Gasteiger partial charge in [0.1, 0.15) is 11.6 Å². The molecule has 1 heterocycles. The number of amidine groups is 1. The van der Waals surface area contributed by atoms with Crippen molar-refractivity contribution >= 4 is 5.84 Å². The number of unbranched alkanes of at least 4 members (excludes halogenated alkanes) is 1. The summed E-state index contributed by atoms with van der Waals surface area (Å²) in [6.07, 6.45) is 2.80. The third-order valence-corrected chi connectivity index (χ3v) is 6.09. The van der Waals surface area contributed by atoms with Gasteiger partial charge >= 0.3 is 0 Å². The monoisotopic (exact) mass is 472 g/mol. The summed E-state index contributed by atoms with van der Waals surface area (Å²) < 4.78 is 15.5. The van der Waals surface area contributed by atoms with E-state index in [1.807, 2.05) is 48.5 Å². The molecule has 0 saturated heterocycles. The highest BCUT2D eigenvalue weighted by molar-refractivity contribution is 6.03. The molecule has 1 aromatic heterocycles. The number of oxime groups is 1. The van der Waals surface area contributed by atoms with Crippen LogP contribution in [0.2, 0.25) is 0 Å². The van der Waals surface area contributed by atoms with Crippen LogP contribution in [0.1, 0.15) is 42.4 Å². The fraction of sp³-hybridized carbons (Fsp3) is 0.214. The average Bonchev–Trinajstić information content (AvgIpc) is 3.24. The van der Waals surface area contributed by atoms with Crippen LogP contribution in [-0.4, -0.2) is 25.7 Å². The molecule has 6 nitrogen and oxygen atoms in total. The minimum atomic E-state index is -0.307. The van der Waals surface area contributed by atoms with Gasteiger partial charge in [0.05, 0.1) is 18.0 Å². The van der Waals surface area contributed by atoms with Gasteiger partial charge in [-0.2, -0.15) is 0 Å². The molecule has 0 saturated carbocycles. The van der Waals surface area contributed by atoms with E-state index in [2.05, 4.69) is 16.6 Å². The molecule has 35 heavy (non-hydrogen) atoms. The van der Waals surface area contributed by atoms with Crippen molar-refractivity contribution in [1.29, 1.82) is 0 Å². The van der Waals surface area contributed by atoms with Crippen molar-refractivity contribution in [3.8, 4) is 22.4 Å². The van der Waals surface area contributed by atoms with Gasteiger partial charge in [-0.05, 0) is 47.4 Å². The Hall–Kier alpha value is -3.97. The number of benzene rings is 3. The molecule has 180 valence electrons. The zero-order valence-electron chi connectivity index (χ0n) is 19.7. The SMILES string of the molecule is CCCCc1nc(-c2ccc(F)cc2)c(CO)n1Cc1ccc(-c2ccccc2/C(N)=N/O)cc1. The first kappa shape index (κ1) is 24.2. The molecular weight excluding hydrogens is 443 g/mol. The number of aliphatic hydroxyl groups excluding tert-OH is 1. The fourth-order valence-electron chi connectivity index (χ4n) is 4.23. The van der Waals surface area contributed by atoms with Gasteiger partial charge < -0.3 is 20.6 Å². The molecular formula is C28H29FN4O2. The maximum absolute atomic E-state index is 13.5. The molecule has 0 amide bonds. The molecule has 0 aliphatic heterocycles. The van der Waals surface area contributed by atoms with Crippen molar-refractivity contribution in [1.82, 2.24) is 9.55 Å². The predicted octanol–water partition coefficient (Wildman–Crippen LogP) is 5.33. The largest absolute Gasteiger partial charge is 0.409 e. The van der Waals surface area contributed by atoms with Crippen LogP contribution in [0.15, 0.2) is 78.0 Å². The van der Waals surface area contributed by atoms with Crippen LogP contribution in [0.3, 0.4) is 0 Å². The summed E-state index contributed by atoms with van der Waals surface area (Å²) in [4.78, 5) is 4.85. The Morgan fingerprint density at radius 2 is 1.69 bits per heavy atom. The van der Waals surface area contributed by atoms with Crippen LogP contribution in [-0.2, 0) is 19.6 Å². The minimum absolute atomic E-state index is 0.0598. The summed E-state index contributed by atoms with van der Waals surface area (Å²) in [6.45, 7) is 2.51. The van der Waals surface area contributed by atoms with Gasteiger partial charge in [-0.15, -0.1) is 0 Å². The van der Waals surface area contributed by atoms with E-state index in [0.717, 1.165) is 47.3 Å². The van der Waals surface area contributed by atoms with Gasteiger partial charge in [-0.25, -0.2) is 9.37 Å². The van der Waals surface area contributed by atoms with E-state index in [-0.39, 0.29) is 18.3 Å². The molecule has 0 atom stereocenters. The normalized spacial score (nSPS) is 11.7. The molecule has 4 rings (SSSR count). The molecule has 0 bridgehead atoms. The van der Waals surface area contributed by atoms with Crippen LogP contribution in [0.5, 0.6) is 0 Å². The number of nitrogens with zero attached hydrogens (tertiary/aromatic N) is 3. The second-order valence-electron chi connectivity index (χ2n) is 8.41. The maximum Gasteiger partial charge on any atom is 0.170 e. The predicted molar refractivity (Wildman–Crippen MR) is 136 cm³/mol. The minimum Gasteiger partial charge on any atom is -0.409 e. The smallest absolute Gasteiger partial charge is 0.170 e. The Bertz CT molecular complexity index is 1310. The Morgan fingerprint density at radius 1 is 1.00 bits per heavy atom. The highest BCUT2D eigenvalue weighted by Gasteiger charge is 2.18. The van der Waals surface area contributed by atoms with Crippen molar-refractivity contribution in [2.24, 2.45) is 10.9 Å². The lowest BCUT2D eigenvalue weighted by Crippen LogP contribution is -2.14. The molecule has 3 aromatic carbocycles. The average molecular weight is 473 g/mol. The summed E-state index contributed by atoms with van der Waals surface area (Å²) in [6, 6.07) is 21.8. The lowest BCUT2D eigenvalue weighted by Gasteiger charge is -2.13. The number of halogens is 1. The number of hydrogen-bond acceptors (Lipinski definition) is 4. The number of aromatic nitrogens is 2. The van der Waals surface area contributed by atoms with Crippen molar-refractivity contribution < 1.29 is 14.7 Å². The van der Waals surface area contributed by atoms with E-state index in [1.54, 1.807) is 12.1 Å². The van der Waals surface area contributed by atoms with Crippen molar-refractivity contribution in [3.63, 3.8) is 0 Å². The van der Waals surface area contributed by atoms with Gasteiger partial charge in [-0.3, -0.25) is 0 Å². The molecule has 0 aliphatic carbocycles. The number of aliphatic hydroxyl groups is 1. The summed E-state index contributed by atoms with van der Waals surface area (Å²) in [5, 5.41) is 22.5. The van der Waals surface area contributed by atoms with E-state index >= 15 is 0 Å². The maximum atomic E-state index is 13.5. The zero-order valence-corrected chi connectivity index (χ0v) is 19.7. The van der Waals surface area contributed by atoms with E-state index < -0.39 is 0 Å². The van der Waals surface area contributed by atoms with Crippen LogP contribution in [0, 0.1) is 5.82 Å². The van der Waals surface area contributed by atoms with E-state index in [4.69, 9.17) is 15.9 Å². The molecule has 0 radical (unpaired) electrons. The van der Waals surface area contributed by atoms with Crippen molar-refractivity contribution in [2.45, 2.75) is 39.3 Å². The Kier molecular flexibility index (Phi) is 7.57. The molecule has 7 heteroatoms. The van der Waals surface area contributed by atoms with Gasteiger partial charge in [0.2, 0.25) is 0 Å². The Labute approximate surface area is 204 Å². The first-order valence-corrected chi connectivity index (χ1v) is 11.7. The quantitative estimate of drug-likeness (QED) is 0.133. The summed E-state index contributed by atoms with van der Waals surface area (Å²) in [5.74, 6) is 0.653. The van der Waals surface area contributed by atoms with Crippen LogP contribution in [0.4, 0.5) is 4.39 Å². The van der Waals surface area contributed by atoms with Gasteiger partial charge in [0.25, 0.3) is 0 Å². The molecule has 4 N–H and O–H groups in total. The van der Waals surface area contributed by atoms with Crippen molar-refractivity contribution in [3.05, 3.63) is 101 Å². The lowest BCUT2D eigenvalue weighted by atomic mass is 9.98. The summed E-state index contributed by atoms with van der Waals surface area (Å²) in [5.41, 5.74) is 11.6. The van der Waals surface area contributed by atoms with E-state index in [1.165, 1.54) is 12.1 Å². The summed E-state index contributed by atoms with van der Waals surface area (Å²) >= 11 is 0. The standard InChI is InChI=1S/C28H29FN4O2/c1-2-3-8-26-31-27(21-13-15-22(29)16-14-21)25(18-34)33(26)17-19-9-11-20(12-10-19)23-6-4-5-7-24(23)28(30)32-35/h4-7,9-16,34-35H,2-3,8,17-18H2,1H3,(H2,30,32). The number of rotatable bonds is 9. The van der Waals surface area contributed by atoms with Gasteiger partial charge in [0, 0.05) is 24.1 Å². The van der Waals surface area contributed by atoms with Gasteiger partial charge in [0.15, 0.2) is 5.84 Å². The molecule has 0 spiro atoms. The first-order chi connectivity index (χ1) is 17.0. The van der Waals surface area contributed by atoms with Crippen LogP contribution < -0.4 is 5.73 Å². The highest BCUT2D eigenvalue weighted by Crippen LogP contribution is 2.28. The van der Waals surface area contributed by atoms with E-state index in [9.17, 15) is 9.50 Å². The Morgan fingerprint density at radius 3 is 2.34 bits per heavy atom. The van der Waals surface area contributed by atoms with E-state index in [0.29, 0.717) is 23.5 Å². The molecule has 0 unspecified atom stereocenters. The number of aryl methyl sites for hydroxylation is 1. The third-order valence-electron chi connectivity index (χ3n) is 6.09. The van der Waals surface area contributed by atoms with Crippen molar-refractivity contribution in [2.75, 3.05) is 0 Å². The highest BCUT2D eigenvalue weighted by atomic mass is 19.1. The number of imidazole rings is 1.